The van der Waals surface area contributed by atoms with E-state index in [1.165, 1.54) is 18.7 Å². The van der Waals surface area contributed by atoms with Crippen molar-refractivity contribution in [1.82, 2.24) is 0 Å². The van der Waals surface area contributed by atoms with Crippen LogP contribution < -0.4 is 0 Å². The summed E-state index contributed by atoms with van der Waals surface area (Å²) in [6.07, 6.45) is 0. The molecule has 76 valence electrons. The Bertz CT molecular complexity index is 192. The highest BCUT2D eigenvalue weighted by molar-refractivity contribution is 8.14. The smallest absolute Gasteiger partial charge is 0.317 e. The first-order valence-corrected chi connectivity index (χ1v) is 5.88. The lowest BCUT2D eigenvalue weighted by molar-refractivity contribution is -0.135. The van der Waals surface area contributed by atoms with E-state index in [1.807, 2.05) is 13.8 Å². The van der Waals surface area contributed by atoms with Crippen molar-refractivity contribution < 1.29 is 14.7 Å². The van der Waals surface area contributed by atoms with Crippen LogP contribution in [-0.2, 0) is 9.59 Å². The van der Waals surface area contributed by atoms with Crippen LogP contribution in [0.15, 0.2) is 0 Å². The van der Waals surface area contributed by atoms with Crippen LogP contribution in [0.25, 0.3) is 0 Å². The molecule has 0 heterocycles. The van der Waals surface area contributed by atoms with Gasteiger partial charge in [-0.05, 0) is 5.25 Å². The molecule has 13 heavy (non-hydrogen) atoms. The number of aliphatic carboxylic acids is 1. The molecule has 0 fully saturated rings. The Hall–Kier alpha value is -0.160. The zero-order valence-electron chi connectivity index (χ0n) is 7.94. The number of hydrogen-bond acceptors (Lipinski definition) is 4. The normalized spacial score (nSPS) is 12.9. The number of carboxylic acids is 1. The third-order valence-corrected chi connectivity index (χ3v) is 3.51. The van der Waals surface area contributed by atoms with E-state index in [0.29, 0.717) is 5.75 Å². The zero-order chi connectivity index (χ0) is 10.4. The summed E-state index contributed by atoms with van der Waals surface area (Å²) >= 11 is 2.45. The van der Waals surface area contributed by atoms with Gasteiger partial charge < -0.3 is 5.11 Å². The summed E-state index contributed by atoms with van der Waals surface area (Å²) in [5.41, 5.74) is 0. The Morgan fingerprint density at radius 3 is 2.23 bits per heavy atom. The Morgan fingerprint density at radius 2 is 1.92 bits per heavy atom. The Morgan fingerprint density at radius 1 is 1.38 bits per heavy atom. The van der Waals surface area contributed by atoms with Gasteiger partial charge in [0.25, 0.3) is 0 Å². The van der Waals surface area contributed by atoms with Crippen LogP contribution in [0.4, 0.5) is 0 Å². The zero-order valence-corrected chi connectivity index (χ0v) is 9.58. The fourth-order valence-electron chi connectivity index (χ4n) is 0.690. The van der Waals surface area contributed by atoms with Crippen LogP contribution in [0.3, 0.4) is 0 Å². The highest BCUT2D eigenvalue weighted by atomic mass is 32.2. The molecule has 5 heteroatoms. The van der Waals surface area contributed by atoms with E-state index in [1.54, 1.807) is 0 Å². The van der Waals surface area contributed by atoms with E-state index in [4.69, 9.17) is 5.11 Å². The second-order valence-electron chi connectivity index (χ2n) is 2.81. The largest absolute Gasteiger partial charge is 0.480 e. The van der Waals surface area contributed by atoms with Gasteiger partial charge in [-0.1, -0.05) is 25.6 Å². The summed E-state index contributed by atoms with van der Waals surface area (Å²) in [7, 11) is 0. The Balaban J connectivity index is 3.95. The maximum atomic E-state index is 10.7. The number of hydrogen-bond donors (Lipinski definition) is 1. The molecule has 0 rings (SSSR count). The molecule has 0 bridgehead atoms. The average molecular weight is 222 g/mol. The van der Waals surface area contributed by atoms with Crippen molar-refractivity contribution in [3.8, 4) is 0 Å². The molecule has 3 nitrogen and oxygen atoms in total. The first kappa shape index (κ1) is 12.8. The number of rotatable bonds is 5. The molecule has 1 atom stereocenters. The lowest BCUT2D eigenvalue weighted by Crippen LogP contribution is -2.21. The molecule has 0 aromatic carbocycles. The highest BCUT2D eigenvalue weighted by Crippen LogP contribution is 2.21. The first-order chi connectivity index (χ1) is 5.93. The molecule has 0 aromatic heterocycles. The Kier molecular flexibility index (Phi) is 6.24. The predicted molar refractivity (Wildman–Crippen MR) is 57.3 cm³/mol. The van der Waals surface area contributed by atoms with E-state index >= 15 is 0 Å². The first-order valence-electron chi connectivity index (χ1n) is 3.95. The molecule has 0 saturated carbocycles. The van der Waals surface area contributed by atoms with Gasteiger partial charge in [-0.3, -0.25) is 9.59 Å². The summed E-state index contributed by atoms with van der Waals surface area (Å²) in [6, 6.07) is 0. The molecule has 0 amide bonds. The van der Waals surface area contributed by atoms with Gasteiger partial charge in [0.2, 0.25) is 0 Å². The van der Waals surface area contributed by atoms with E-state index in [2.05, 4.69) is 0 Å². The van der Waals surface area contributed by atoms with Crippen LogP contribution >= 0.6 is 23.5 Å². The summed E-state index contributed by atoms with van der Waals surface area (Å²) in [4.78, 5) is 21.3. The molecular formula is C8H14O3S2. The second-order valence-corrected chi connectivity index (χ2v) is 5.80. The molecule has 1 N–H and O–H groups in total. The third kappa shape index (κ3) is 6.95. The van der Waals surface area contributed by atoms with Crippen LogP contribution in [0, 0.1) is 0 Å². The van der Waals surface area contributed by atoms with Gasteiger partial charge >= 0.3 is 5.97 Å². The van der Waals surface area contributed by atoms with Crippen LogP contribution in [-0.4, -0.2) is 32.4 Å². The predicted octanol–water partition coefficient (Wildman–Crippen LogP) is 1.86. The molecule has 0 aliphatic rings. The van der Waals surface area contributed by atoms with Crippen LogP contribution in [0.2, 0.25) is 0 Å². The van der Waals surface area contributed by atoms with Crippen molar-refractivity contribution in [2.75, 3.05) is 5.75 Å². The van der Waals surface area contributed by atoms with E-state index in [9.17, 15) is 9.59 Å². The molecule has 0 aromatic rings. The average Bonchev–Trinajstić information content (AvgIpc) is 1.96. The van der Waals surface area contributed by atoms with Crippen molar-refractivity contribution in [3.05, 3.63) is 0 Å². The monoisotopic (exact) mass is 222 g/mol. The maximum absolute atomic E-state index is 10.7. The fraction of sp³-hybridized carbons (Fsp3) is 0.750. The molecule has 0 aliphatic heterocycles. The van der Waals surface area contributed by atoms with Crippen molar-refractivity contribution >= 4 is 34.6 Å². The van der Waals surface area contributed by atoms with Gasteiger partial charge in [-0.25, -0.2) is 0 Å². The van der Waals surface area contributed by atoms with Gasteiger partial charge in [-0.15, -0.1) is 11.8 Å². The molecular weight excluding hydrogens is 208 g/mol. The summed E-state index contributed by atoms with van der Waals surface area (Å²) < 4.78 is 0. The number of thioether (sulfide) groups is 2. The lowest BCUT2D eigenvalue weighted by atomic mass is 10.5. The maximum Gasteiger partial charge on any atom is 0.317 e. The minimum Gasteiger partial charge on any atom is -0.480 e. The molecule has 0 saturated heterocycles. The Labute approximate surface area is 86.7 Å². The molecule has 0 spiro atoms. The molecule has 0 aliphatic carbocycles. The van der Waals surface area contributed by atoms with E-state index in [0.717, 1.165) is 11.8 Å². The van der Waals surface area contributed by atoms with Crippen molar-refractivity contribution in [3.63, 3.8) is 0 Å². The molecule has 0 radical (unpaired) electrons. The van der Waals surface area contributed by atoms with Crippen molar-refractivity contribution in [2.45, 2.75) is 31.3 Å². The van der Waals surface area contributed by atoms with Gasteiger partial charge in [-0.2, -0.15) is 0 Å². The quantitative estimate of drug-likeness (QED) is 0.769. The minimum absolute atomic E-state index is 0.0318. The summed E-state index contributed by atoms with van der Waals surface area (Å²) in [6.45, 7) is 5.34. The lowest BCUT2D eigenvalue weighted by Gasteiger charge is -2.12. The van der Waals surface area contributed by atoms with Gasteiger partial charge in [0, 0.05) is 12.7 Å². The van der Waals surface area contributed by atoms with Crippen LogP contribution in [0.5, 0.6) is 0 Å². The second kappa shape index (κ2) is 6.32. The van der Waals surface area contributed by atoms with Gasteiger partial charge in [0.15, 0.2) is 5.12 Å². The SMILES string of the molecule is CC(=O)SCC(SC(C)C)C(=O)O. The number of carbonyl (C=O) groups excluding carboxylic acids is 1. The number of carboxylic acid groups (broad SMARTS) is 1. The van der Waals surface area contributed by atoms with Crippen molar-refractivity contribution in [2.24, 2.45) is 0 Å². The van der Waals surface area contributed by atoms with Crippen molar-refractivity contribution in [1.29, 1.82) is 0 Å². The third-order valence-electron chi connectivity index (χ3n) is 1.15. The van der Waals surface area contributed by atoms with E-state index < -0.39 is 11.2 Å². The fourth-order valence-corrected chi connectivity index (χ4v) is 2.51. The van der Waals surface area contributed by atoms with Crippen LogP contribution in [0.1, 0.15) is 20.8 Å². The number of carbonyl (C=O) groups is 2. The standard InChI is InChI=1S/C8H14O3S2/c1-5(2)13-7(8(10)11)4-12-6(3)9/h5,7H,4H2,1-3H3,(H,10,11). The van der Waals surface area contributed by atoms with E-state index in [-0.39, 0.29) is 10.4 Å². The topological polar surface area (TPSA) is 54.4 Å². The van der Waals surface area contributed by atoms with Gasteiger partial charge in [0.05, 0.1) is 0 Å². The minimum atomic E-state index is -0.840. The summed E-state index contributed by atoms with van der Waals surface area (Å²) in [5, 5.41) is 8.55. The summed E-state index contributed by atoms with van der Waals surface area (Å²) in [5.74, 6) is -0.486. The van der Waals surface area contributed by atoms with Gasteiger partial charge in [0.1, 0.15) is 5.25 Å². The molecule has 1 unspecified atom stereocenters. The highest BCUT2D eigenvalue weighted by Gasteiger charge is 2.19.